The van der Waals surface area contributed by atoms with Gasteiger partial charge in [-0.25, -0.2) is 8.42 Å². The standard InChI is InChI=1S/C26H35N3O3S/c1-19-16-20(2)18-29(17-19)33(31,32)24-10-8-23(9-11-24)26(30)28-14-12-27(13-15-28)25-7-5-6-21(3)22(25)4/h5-11,19-20H,12-18H2,1-4H3/t19-,20-/m0/s1. The number of piperazine rings is 1. The molecule has 2 aromatic rings. The van der Waals surface area contributed by atoms with Crippen molar-refractivity contribution in [2.24, 2.45) is 11.8 Å². The van der Waals surface area contributed by atoms with Gasteiger partial charge in [-0.1, -0.05) is 26.0 Å². The van der Waals surface area contributed by atoms with Gasteiger partial charge < -0.3 is 9.80 Å². The highest BCUT2D eigenvalue weighted by molar-refractivity contribution is 7.89. The van der Waals surface area contributed by atoms with Gasteiger partial charge in [-0.3, -0.25) is 4.79 Å². The second kappa shape index (κ2) is 9.47. The second-order valence-electron chi connectivity index (χ2n) is 9.79. The number of rotatable bonds is 4. The van der Waals surface area contributed by atoms with Gasteiger partial charge in [-0.15, -0.1) is 0 Å². The number of sulfonamides is 1. The molecular weight excluding hydrogens is 434 g/mol. The lowest BCUT2D eigenvalue weighted by Crippen LogP contribution is -2.49. The molecule has 0 aliphatic carbocycles. The van der Waals surface area contributed by atoms with Gasteiger partial charge >= 0.3 is 0 Å². The summed E-state index contributed by atoms with van der Waals surface area (Å²) < 4.78 is 27.8. The zero-order valence-electron chi connectivity index (χ0n) is 20.1. The first-order chi connectivity index (χ1) is 15.7. The van der Waals surface area contributed by atoms with Crippen molar-refractivity contribution in [1.82, 2.24) is 9.21 Å². The van der Waals surface area contributed by atoms with E-state index in [1.54, 1.807) is 28.6 Å². The van der Waals surface area contributed by atoms with Crippen LogP contribution in [0.25, 0.3) is 0 Å². The van der Waals surface area contributed by atoms with E-state index in [1.165, 1.54) is 16.8 Å². The topological polar surface area (TPSA) is 60.9 Å². The van der Waals surface area contributed by atoms with E-state index in [1.807, 2.05) is 4.90 Å². The minimum absolute atomic E-state index is 0.0419. The largest absolute Gasteiger partial charge is 0.368 e. The van der Waals surface area contributed by atoms with Crippen molar-refractivity contribution in [3.8, 4) is 0 Å². The lowest BCUT2D eigenvalue weighted by molar-refractivity contribution is 0.0746. The summed E-state index contributed by atoms with van der Waals surface area (Å²) in [5.41, 5.74) is 4.33. The van der Waals surface area contributed by atoms with Crippen molar-refractivity contribution in [1.29, 1.82) is 0 Å². The predicted octanol–water partition coefficient (Wildman–Crippen LogP) is 3.93. The summed E-state index contributed by atoms with van der Waals surface area (Å²) in [4.78, 5) is 17.5. The number of hydrogen-bond donors (Lipinski definition) is 0. The fourth-order valence-corrected chi connectivity index (χ4v) is 6.81. The van der Waals surface area contributed by atoms with E-state index >= 15 is 0 Å². The molecule has 2 atom stereocenters. The zero-order valence-corrected chi connectivity index (χ0v) is 20.9. The third kappa shape index (κ3) is 4.94. The molecule has 4 rings (SSSR count). The molecular formula is C26H35N3O3S. The predicted molar refractivity (Wildman–Crippen MR) is 132 cm³/mol. The van der Waals surface area contributed by atoms with Crippen LogP contribution in [-0.2, 0) is 10.0 Å². The molecule has 2 fully saturated rings. The van der Waals surface area contributed by atoms with E-state index in [-0.39, 0.29) is 10.8 Å². The molecule has 0 spiro atoms. The molecule has 6 nitrogen and oxygen atoms in total. The van der Waals surface area contributed by atoms with E-state index in [2.05, 4.69) is 50.8 Å². The highest BCUT2D eigenvalue weighted by Gasteiger charge is 2.32. The van der Waals surface area contributed by atoms with Crippen LogP contribution < -0.4 is 4.90 Å². The molecule has 0 aromatic heterocycles. The quantitative estimate of drug-likeness (QED) is 0.681. The molecule has 2 aromatic carbocycles. The summed E-state index contributed by atoms with van der Waals surface area (Å²) in [5, 5.41) is 0. The van der Waals surface area contributed by atoms with E-state index in [4.69, 9.17) is 0 Å². The normalized spacial score (nSPS) is 22.4. The summed E-state index contributed by atoms with van der Waals surface area (Å²) in [5.74, 6) is 0.665. The molecule has 0 unspecified atom stereocenters. The Balaban J connectivity index is 1.41. The molecule has 2 aliphatic heterocycles. The maximum absolute atomic E-state index is 13.1. The lowest BCUT2D eigenvalue weighted by Gasteiger charge is -2.37. The number of amides is 1. The molecule has 2 saturated heterocycles. The van der Waals surface area contributed by atoms with E-state index in [0.717, 1.165) is 19.5 Å². The number of nitrogens with zero attached hydrogens (tertiary/aromatic N) is 3. The maximum atomic E-state index is 13.1. The third-order valence-electron chi connectivity index (χ3n) is 7.06. The first-order valence-electron chi connectivity index (χ1n) is 11.9. The van der Waals surface area contributed by atoms with Gasteiger partial charge in [-0.05, 0) is 73.6 Å². The summed E-state index contributed by atoms with van der Waals surface area (Å²) in [7, 11) is -3.54. The number of anilines is 1. The van der Waals surface area contributed by atoms with Crippen LogP contribution in [-0.4, -0.2) is 62.8 Å². The number of piperidine rings is 1. The first-order valence-corrected chi connectivity index (χ1v) is 13.3. The Morgan fingerprint density at radius 3 is 2.09 bits per heavy atom. The lowest BCUT2D eigenvalue weighted by atomic mass is 9.94. The number of hydrogen-bond acceptors (Lipinski definition) is 4. The van der Waals surface area contributed by atoms with E-state index in [0.29, 0.717) is 43.6 Å². The monoisotopic (exact) mass is 469 g/mol. The van der Waals surface area contributed by atoms with Gasteiger partial charge in [0.25, 0.3) is 5.91 Å². The van der Waals surface area contributed by atoms with Gasteiger partial charge in [0.15, 0.2) is 0 Å². The summed E-state index contributed by atoms with van der Waals surface area (Å²) in [6, 6.07) is 12.8. The van der Waals surface area contributed by atoms with Gasteiger partial charge in [0, 0.05) is 50.5 Å². The second-order valence-corrected chi connectivity index (χ2v) is 11.7. The number of carbonyl (C=O) groups excluding carboxylic acids is 1. The molecule has 178 valence electrons. The smallest absolute Gasteiger partial charge is 0.253 e. The molecule has 2 heterocycles. The van der Waals surface area contributed by atoms with Crippen LogP contribution in [0.3, 0.4) is 0 Å². The summed E-state index contributed by atoms with van der Waals surface area (Å²) >= 11 is 0. The Labute approximate surface area is 198 Å². The van der Waals surface area contributed by atoms with Gasteiger partial charge in [-0.2, -0.15) is 4.31 Å². The van der Waals surface area contributed by atoms with Crippen LogP contribution in [0.15, 0.2) is 47.4 Å². The molecule has 0 bridgehead atoms. The number of aryl methyl sites for hydroxylation is 1. The van der Waals surface area contributed by atoms with Crippen molar-refractivity contribution >= 4 is 21.6 Å². The first kappa shape index (κ1) is 23.8. The Morgan fingerprint density at radius 1 is 0.879 bits per heavy atom. The van der Waals surface area contributed by atoms with Crippen molar-refractivity contribution in [2.45, 2.75) is 39.0 Å². The Hall–Kier alpha value is -2.38. The van der Waals surface area contributed by atoms with Gasteiger partial charge in [0.2, 0.25) is 10.0 Å². The molecule has 0 N–H and O–H groups in total. The van der Waals surface area contributed by atoms with Crippen LogP contribution in [0.5, 0.6) is 0 Å². The Morgan fingerprint density at radius 2 is 1.48 bits per heavy atom. The molecule has 0 saturated carbocycles. The van der Waals surface area contributed by atoms with Crippen molar-refractivity contribution in [3.63, 3.8) is 0 Å². The average molecular weight is 470 g/mol. The highest BCUT2D eigenvalue weighted by atomic mass is 32.2. The molecule has 2 aliphatic rings. The van der Waals surface area contributed by atoms with Crippen LogP contribution in [0.4, 0.5) is 5.69 Å². The van der Waals surface area contributed by atoms with Crippen LogP contribution in [0.2, 0.25) is 0 Å². The SMILES string of the molecule is Cc1cccc(N2CCN(C(=O)c3ccc(S(=O)(=O)N4C[C@@H](C)C[C@H](C)C4)cc3)CC2)c1C. The van der Waals surface area contributed by atoms with Gasteiger partial charge in [0.1, 0.15) is 0 Å². The molecule has 7 heteroatoms. The van der Waals surface area contributed by atoms with Crippen molar-refractivity contribution in [2.75, 3.05) is 44.2 Å². The van der Waals surface area contributed by atoms with Crippen LogP contribution in [0, 0.1) is 25.7 Å². The van der Waals surface area contributed by atoms with Crippen LogP contribution >= 0.6 is 0 Å². The van der Waals surface area contributed by atoms with E-state index in [9.17, 15) is 13.2 Å². The minimum Gasteiger partial charge on any atom is -0.368 e. The molecule has 33 heavy (non-hydrogen) atoms. The fraction of sp³-hybridized carbons (Fsp3) is 0.500. The highest BCUT2D eigenvalue weighted by Crippen LogP contribution is 2.27. The van der Waals surface area contributed by atoms with Gasteiger partial charge in [0.05, 0.1) is 4.90 Å². The maximum Gasteiger partial charge on any atom is 0.253 e. The number of carbonyl (C=O) groups is 1. The van der Waals surface area contributed by atoms with Crippen molar-refractivity contribution < 1.29 is 13.2 Å². The van der Waals surface area contributed by atoms with E-state index < -0.39 is 10.0 Å². The average Bonchev–Trinajstić information content (AvgIpc) is 2.80. The van der Waals surface area contributed by atoms with Crippen molar-refractivity contribution in [3.05, 3.63) is 59.2 Å². The van der Waals surface area contributed by atoms with Crippen LogP contribution in [0.1, 0.15) is 41.8 Å². The fourth-order valence-electron chi connectivity index (χ4n) is 5.13. The summed E-state index contributed by atoms with van der Waals surface area (Å²) in [6.45, 7) is 12.4. The number of benzene rings is 2. The Kier molecular flexibility index (Phi) is 6.82. The minimum atomic E-state index is -3.54. The Bertz CT molecular complexity index is 1100. The third-order valence-corrected chi connectivity index (χ3v) is 8.90. The molecule has 1 amide bonds. The zero-order chi connectivity index (χ0) is 23.8. The molecule has 0 radical (unpaired) electrons. The summed E-state index contributed by atoms with van der Waals surface area (Å²) in [6.07, 6.45) is 1.05.